The molecule has 4 heteroatoms. The molecule has 2 aliphatic carbocycles. The van der Waals surface area contributed by atoms with Gasteiger partial charge in [-0.15, -0.1) is 0 Å². The van der Waals surface area contributed by atoms with Crippen molar-refractivity contribution in [3.8, 4) is 0 Å². The van der Waals surface area contributed by atoms with Crippen LogP contribution in [0.25, 0.3) is 0 Å². The van der Waals surface area contributed by atoms with Crippen molar-refractivity contribution in [2.45, 2.75) is 242 Å². The molecule has 0 N–H and O–H groups in total. The molecular weight excluding hydrogens is 677 g/mol. The highest BCUT2D eigenvalue weighted by atomic mass is 16.6. The van der Waals surface area contributed by atoms with Crippen molar-refractivity contribution in [2.75, 3.05) is 6.61 Å². The lowest BCUT2D eigenvalue weighted by Crippen LogP contribution is -2.52. The van der Waals surface area contributed by atoms with E-state index in [9.17, 15) is 0 Å². The SMILES string of the molecule is CC(C)CC1C2C(C)CCC1(CC(C)C)OC2C.CC(C)CC1C2CCCCC1(CC(C)C)OC2C.CCC1COC2C(C)OC1(CC(C)C)C2CC(C)C. The van der Waals surface area contributed by atoms with Crippen molar-refractivity contribution in [1.82, 2.24) is 0 Å². The molecule has 6 bridgehead atoms. The van der Waals surface area contributed by atoms with E-state index in [1.54, 1.807) is 0 Å². The van der Waals surface area contributed by atoms with Crippen molar-refractivity contribution >= 4 is 0 Å². The predicted molar refractivity (Wildman–Crippen MR) is 234 cm³/mol. The Morgan fingerprint density at radius 2 is 1.05 bits per heavy atom. The van der Waals surface area contributed by atoms with Crippen LogP contribution < -0.4 is 0 Å². The first kappa shape index (κ1) is 47.5. The van der Waals surface area contributed by atoms with Crippen molar-refractivity contribution in [3.63, 3.8) is 0 Å². The van der Waals surface area contributed by atoms with Gasteiger partial charge in [-0.2, -0.15) is 0 Å². The first-order valence-electron chi connectivity index (χ1n) is 24.4. The van der Waals surface area contributed by atoms with E-state index in [1.807, 2.05) is 0 Å². The largest absolute Gasteiger partial charge is 0.375 e. The Labute approximate surface area is 343 Å². The van der Waals surface area contributed by atoms with Gasteiger partial charge in [0.15, 0.2) is 0 Å². The molecule has 0 radical (unpaired) electrons. The second-order valence-corrected chi connectivity index (χ2v) is 23.0. The summed E-state index contributed by atoms with van der Waals surface area (Å²) in [5.74, 6) is 9.77. The Hall–Kier alpha value is -0.160. The van der Waals surface area contributed by atoms with Crippen LogP contribution in [0.2, 0.25) is 0 Å². The first-order valence-corrected chi connectivity index (χ1v) is 24.4. The zero-order chi connectivity index (χ0) is 41.0. The lowest BCUT2D eigenvalue weighted by atomic mass is 9.61. The van der Waals surface area contributed by atoms with Crippen LogP contribution in [0.3, 0.4) is 0 Å². The summed E-state index contributed by atoms with van der Waals surface area (Å²) in [4.78, 5) is 0. The molecule has 0 aromatic heterocycles. The summed E-state index contributed by atoms with van der Waals surface area (Å²) in [7, 11) is 0. The lowest BCUT2D eigenvalue weighted by molar-refractivity contribution is -0.138. The second kappa shape index (κ2) is 19.9. The van der Waals surface area contributed by atoms with Crippen LogP contribution in [0.15, 0.2) is 0 Å². The summed E-state index contributed by atoms with van der Waals surface area (Å²) in [5, 5.41) is 0. The van der Waals surface area contributed by atoms with E-state index in [4.69, 9.17) is 18.9 Å². The van der Waals surface area contributed by atoms with Crippen molar-refractivity contribution in [1.29, 1.82) is 0 Å². The molecule has 6 rings (SSSR count). The van der Waals surface area contributed by atoms with Gasteiger partial charge in [0.25, 0.3) is 0 Å². The van der Waals surface area contributed by atoms with E-state index < -0.39 is 0 Å². The van der Waals surface area contributed by atoms with Crippen molar-refractivity contribution < 1.29 is 18.9 Å². The van der Waals surface area contributed by atoms with Gasteiger partial charge in [0.1, 0.15) is 0 Å². The van der Waals surface area contributed by atoms with E-state index in [0.29, 0.717) is 42.0 Å². The fraction of sp³-hybridized carbons (Fsp3) is 1.00. The summed E-state index contributed by atoms with van der Waals surface area (Å²) >= 11 is 0. The molecule has 0 spiro atoms. The molecule has 4 saturated heterocycles. The maximum atomic E-state index is 6.58. The van der Waals surface area contributed by atoms with Crippen LogP contribution in [0.1, 0.15) is 201 Å². The molecule has 6 fully saturated rings. The van der Waals surface area contributed by atoms with Crippen LogP contribution in [-0.2, 0) is 18.9 Å². The number of hydrogen-bond donors (Lipinski definition) is 0. The highest BCUT2D eigenvalue weighted by Crippen LogP contribution is 2.57. The maximum Gasteiger partial charge on any atom is 0.0890 e. The van der Waals surface area contributed by atoms with Gasteiger partial charge >= 0.3 is 0 Å². The van der Waals surface area contributed by atoms with E-state index in [1.165, 1.54) is 83.5 Å². The smallest absolute Gasteiger partial charge is 0.0890 e. The lowest BCUT2D eigenvalue weighted by Gasteiger charge is -2.46. The fourth-order valence-electron chi connectivity index (χ4n) is 13.9. The molecule has 4 heterocycles. The van der Waals surface area contributed by atoms with Crippen LogP contribution in [0, 0.1) is 76.9 Å². The normalized spacial score (nSPS) is 42.3. The minimum absolute atomic E-state index is 0.0789. The average Bonchev–Trinajstić information content (AvgIpc) is 3.38. The third-order valence-electron chi connectivity index (χ3n) is 15.4. The van der Waals surface area contributed by atoms with Gasteiger partial charge in [-0.25, -0.2) is 0 Å². The Morgan fingerprint density at radius 3 is 1.60 bits per heavy atom. The summed E-state index contributed by atoms with van der Waals surface area (Å²) in [6.07, 6.45) is 18.6. The fourth-order valence-corrected chi connectivity index (χ4v) is 13.9. The van der Waals surface area contributed by atoms with Gasteiger partial charge in [-0.3, -0.25) is 0 Å². The molecule has 0 aromatic rings. The van der Waals surface area contributed by atoms with E-state index in [-0.39, 0.29) is 22.9 Å². The minimum atomic E-state index is 0.0789. The number of rotatable bonds is 13. The molecule has 6 aliphatic rings. The first-order chi connectivity index (χ1) is 25.7. The summed E-state index contributed by atoms with van der Waals surface area (Å²) < 4.78 is 25.9. The number of hydrogen-bond acceptors (Lipinski definition) is 4. The summed E-state index contributed by atoms with van der Waals surface area (Å²) in [5.41, 5.74) is 0.517. The highest BCUT2D eigenvalue weighted by Gasteiger charge is 2.60. The maximum absolute atomic E-state index is 6.58. The molecule has 0 aromatic carbocycles. The zero-order valence-corrected chi connectivity index (χ0v) is 39.8. The van der Waals surface area contributed by atoms with E-state index in [0.717, 1.165) is 59.9 Å². The monoisotopic (exact) mass is 773 g/mol. The Morgan fingerprint density at radius 1 is 0.527 bits per heavy atom. The molecule has 0 amide bonds. The molecule has 4 aliphatic heterocycles. The topological polar surface area (TPSA) is 36.9 Å². The molecule has 4 nitrogen and oxygen atoms in total. The summed E-state index contributed by atoms with van der Waals surface area (Å²) in [6, 6.07) is 0. The third kappa shape index (κ3) is 11.0. The van der Waals surface area contributed by atoms with Crippen LogP contribution in [0.4, 0.5) is 0 Å². The van der Waals surface area contributed by atoms with Crippen LogP contribution >= 0.6 is 0 Å². The molecule has 2 saturated carbocycles. The molecule has 14 unspecified atom stereocenters. The molecule has 324 valence electrons. The number of ether oxygens (including phenoxy) is 4. The third-order valence-corrected chi connectivity index (χ3v) is 15.4. The Bertz CT molecular complexity index is 1110. The van der Waals surface area contributed by atoms with Crippen LogP contribution in [-0.4, -0.2) is 47.8 Å². The van der Waals surface area contributed by atoms with Gasteiger partial charge in [-0.05, 0) is 156 Å². The zero-order valence-electron chi connectivity index (χ0n) is 39.8. The quantitative estimate of drug-likeness (QED) is 0.187. The predicted octanol–water partition coefficient (Wildman–Crippen LogP) is 14.2. The van der Waals surface area contributed by atoms with E-state index in [2.05, 4.69) is 118 Å². The van der Waals surface area contributed by atoms with Gasteiger partial charge in [0.2, 0.25) is 0 Å². The van der Waals surface area contributed by atoms with Gasteiger partial charge in [0.05, 0.1) is 47.8 Å². The summed E-state index contributed by atoms with van der Waals surface area (Å²) in [6.45, 7) is 40.7. The van der Waals surface area contributed by atoms with Crippen molar-refractivity contribution in [3.05, 3.63) is 0 Å². The van der Waals surface area contributed by atoms with Gasteiger partial charge in [0, 0.05) is 11.8 Å². The molecule has 55 heavy (non-hydrogen) atoms. The molecule has 14 atom stereocenters. The standard InChI is InChI=1S/C17H32O2.2C17H32O/c1-7-14-10-18-16-13(6)19-17(14,9-12(4)5)15(16)8-11(2)3;1-11(2)9-15-16-13(5)7-8-17(15,10-12(3)4)18-14(16)6;1-12(2)10-16-15-8-6-7-9-17(16,11-13(3)4)18-14(15)5/h11-16H,7-10H2,1-6H3;11-16H,7-10H2,1-6H3;12-16H,6-11H2,1-5H3. The highest BCUT2D eigenvalue weighted by molar-refractivity contribution is 5.08. The van der Waals surface area contributed by atoms with Crippen LogP contribution in [0.5, 0.6) is 0 Å². The molecular formula is C51H96O4. The van der Waals surface area contributed by atoms with Gasteiger partial charge in [-0.1, -0.05) is 110 Å². The van der Waals surface area contributed by atoms with Gasteiger partial charge < -0.3 is 18.9 Å². The Balaban J connectivity index is 0.000000184. The Kier molecular flexibility index (Phi) is 17.2. The minimum Gasteiger partial charge on any atom is -0.375 e. The van der Waals surface area contributed by atoms with Crippen molar-refractivity contribution in [2.24, 2.45) is 76.9 Å². The average molecular weight is 773 g/mol. The van der Waals surface area contributed by atoms with E-state index >= 15 is 0 Å². The second-order valence-electron chi connectivity index (χ2n) is 23.0. The number of fused-ring (bicyclic) bond motifs is 6.